The highest BCUT2D eigenvalue weighted by molar-refractivity contribution is 5.22. The Hall–Kier alpha value is -0.420. The Morgan fingerprint density at radius 1 is 0.912 bits per heavy atom. The summed E-state index contributed by atoms with van der Waals surface area (Å²) in [5.41, 5.74) is 0.167. The number of hydrogen-bond donors (Lipinski definition) is 3. The van der Waals surface area contributed by atoms with Crippen molar-refractivity contribution in [3.63, 3.8) is 0 Å². The van der Waals surface area contributed by atoms with Crippen molar-refractivity contribution in [3.05, 3.63) is 11.6 Å². The molecule has 1 heterocycles. The van der Waals surface area contributed by atoms with Crippen LogP contribution in [0.3, 0.4) is 0 Å². The molecule has 1 aliphatic heterocycles. The van der Waals surface area contributed by atoms with Crippen molar-refractivity contribution in [3.8, 4) is 0 Å². The summed E-state index contributed by atoms with van der Waals surface area (Å²) in [4.78, 5) is 0. The van der Waals surface area contributed by atoms with E-state index < -0.39 is 11.7 Å². The van der Waals surface area contributed by atoms with E-state index in [2.05, 4.69) is 54.5 Å². The van der Waals surface area contributed by atoms with Crippen molar-refractivity contribution in [2.75, 3.05) is 0 Å². The molecule has 34 heavy (non-hydrogen) atoms. The molecule has 5 fully saturated rings. The van der Waals surface area contributed by atoms with Crippen LogP contribution in [0.1, 0.15) is 100 Å². The zero-order chi connectivity index (χ0) is 25.1. The van der Waals surface area contributed by atoms with Gasteiger partial charge in [0.15, 0.2) is 0 Å². The number of allylic oxidation sites excluding steroid dienone is 1. The molecular weight excluding hydrogens is 424 g/mol. The smallest absolute Gasteiger partial charge is 0.0789 e. The Bertz CT molecular complexity index is 858. The molecule has 0 spiro atoms. The summed E-state index contributed by atoms with van der Waals surface area (Å²) >= 11 is 0. The molecule has 0 bridgehead atoms. The molecule has 4 aliphatic carbocycles. The van der Waals surface area contributed by atoms with Crippen LogP contribution in [0.2, 0.25) is 0 Å². The molecule has 0 radical (unpaired) electrons. The molecule has 4 heteroatoms. The van der Waals surface area contributed by atoms with Crippen LogP contribution in [0, 0.1) is 45.3 Å². The maximum atomic E-state index is 11.8. The van der Waals surface area contributed by atoms with Crippen molar-refractivity contribution in [2.45, 2.75) is 130 Å². The Kier molecular flexibility index (Phi) is 5.61. The zero-order valence-corrected chi connectivity index (χ0v) is 22.9. The third kappa shape index (κ3) is 3.17. The number of aliphatic hydroxyl groups excluding tert-OH is 2. The van der Waals surface area contributed by atoms with Crippen LogP contribution in [0.4, 0.5) is 0 Å². The Labute approximate surface area is 207 Å². The number of hydrogen-bond acceptors (Lipinski definition) is 4. The van der Waals surface area contributed by atoms with Crippen molar-refractivity contribution in [2.24, 2.45) is 45.3 Å². The van der Waals surface area contributed by atoms with Crippen LogP contribution >= 0.6 is 0 Å². The van der Waals surface area contributed by atoms with Gasteiger partial charge in [0.25, 0.3) is 0 Å². The first-order valence-electron chi connectivity index (χ1n) is 14.0. The fourth-order valence-corrected chi connectivity index (χ4v) is 11.0. The molecule has 4 saturated carbocycles. The van der Waals surface area contributed by atoms with Gasteiger partial charge in [-0.25, -0.2) is 0 Å². The van der Waals surface area contributed by atoms with Gasteiger partial charge in [-0.2, -0.15) is 0 Å². The minimum atomic E-state index is -0.742. The van der Waals surface area contributed by atoms with Crippen LogP contribution in [-0.2, 0) is 4.74 Å². The number of aliphatic hydroxyl groups is 3. The summed E-state index contributed by atoms with van der Waals surface area (Å²) in [6, 6.07) is 0. The van der Waals surface area contributed by atoms with Crippen LogP contribution < -0.4 is 0 Å². The fraction of sp³-hybridized carbons (Fsp3) is 0.933. The molecule has 0 amide bonds. The zero-order valence-electron chi connectivity index (χ0n) is 22.9. The van der Waals surface area contributed by atoms with Gasteiger partial charge in [0, 0.05) is 6.42 Å². The summed E-state index contributed by atoms with van der Waals surface area (Å²) in [5, 5.41) is 34.5. The monoisotopic (exact) mass is 474 g/mol. The van der Waals surface area contributed by atoms with Crippen molar-refractivity contribution >= 4 is 0 Å². The molecule has 4 nitrogen and oxygen atoms in total. The third-order valence-corrected chi connectivity index (χ3v) is 12.5. The van der Waals surface area contributed by atoms with Crippen LogP contribution in [0.25, 0.3) is 0 Å². The summed E-state index contributed by atoms with van der Waals surface area (Å²) in [5.74, 6) is 1.07. The van der Waals surface area contributed by atoms with Crippen molar-refractivity contribution in [1.29, 1.82) is 0 Å². The summed E-state index contributed by atoms with van der Waals surface area (Å²) in [7, 11) is 0. The SMILES string of the molecule is CC(C)=CC1CC(C)(O)C2CCC3(C)C2C(CC2C4(C)CCC(O)C(C)(C)C4C(O)CC23C)O1. The van der Waals surface area contributed by atoms with E-state index >= 15 is 0 Å². The van der Waals surface area contributed by atoms with Gasteiger partial charge in [-0.3, -0.25) is 0 Å². The van der Waals surface area contributed by atoms with Gasteiger partial charge in [0.2, 0.25) is 0 Å². The molecular formula is C30H50O4. The van der Waals surface area contributed by atoms with E-state index in [0.29, 0.717) is 18.3 Å². The lowest BCUT2D eigenvalue weighted by Crippen LogP contribution is -2.69. The highest BCUT2D eigenvalue weighted by atomic mass is 16.5. The van der Waals surface area contributed by atoms with Crippen LogP contribution in [-0.4, -0.2) is 45.3 Å². The van der Waals surface area contributed by atoms with Gasteiger partial charge in [-0.1, -0.05) is 46.3 Å². The van der Waals surface area contributed by atoms with Gasteiger partial charge in [-0.15, -0.1) is 0 Å². The first-order chi connectivity index (χ1) is 15.6. The second-order valence-corrected chi connectivity index (χ2v) is 14.9. The Balaban J connectivity index is 1.62. The van der Waals surface area contributed by atoms with E-state index in [1.54, 1.807) is 0 Å². The second kappa shape index (κ2) is 7.55. The molecule has 1 saturated heterocycles. The second-order valence-electron chi connectivity index (χ2n) is 14.9. The number of ether oxygens (including phenoxy) is 1. The quantitative estimate of drug-likeness (QED) is 0.440. The van der Waals surface area contributed by atoms with E-state index in [-0.39, 0.29) is 51.8 Å². The normalized spacial score (nSPS) is 58.2. The van der Waals surface area contributed by atoms with Gasteiger partial charge >= 0.3 is 0 Å². The van der Waals surface area contributed by atoms with Gasteiger partial charge in [-0.05, 0) is 105 Å². The molecule has 5 aliphatic rings. The Morgan fingerprint density at radius 2 is 1.59 bits per heavy atom. The van der Waals surface area contributed by atoms with Crippen LogP contribution in [0.15, 0.2) is 11.6 Å². The maximum absolute atomic E-state index is 11.8. The minimum Gasteiger partial charge on any atom is -0.393 e. The van der Waals surface area contributed by atoms with E-state index in [0.717, 1.165) is 38.5 Å². The van der Waals surface area contributed by atoms with Gasteiger partial charge < -0.3 is 20.1 Å². The van der Waals surface area contributed by atoms with E-state index in [4.69, 9.17) is 4.74 Å². The average Bonchev–Trinajstić information content (AvgIpc) is 3.01. The van der Waals surface area contributed by atoms with Crippen LogP contribution in [0.5, 0.6) is 0 Å². The highest BCUT2D eigenvalue weighted by Gasteiger charge is 2.73. The molecule has 12 atom stereocenters. The lowest BCUT2D eigenvalue weighted by molar-refractivity contribution is -0.276. The summed E-state index contributed by atoms with van der Waals surface area (Å²) < 4.78 is 6.98. The lowest BCUT2D eigenvalue weighted by atomic mass is 9.34. The highest BCUT2D eigenvalue weighted by Crippen LogP contribution is 2.76. The lowest BCUT2D eigenvalue weighted by Gasteiger charge is -2.71. The molecule has 5 rings (SSSR count). The molecule has 12 unspecified atom stereocenters. The van der Waals surface area contributed by atoms with E-state index in [1.807, 2.05) is 6.92 Å². The predicted molar refractivity (Wildman–Crippen MR) is 135 cm³/mol. The summed E-state index contributed by atoms with van der Waals surface area (Å²) in [6.07, 6.45) is 7.89. The van der Waals surface area contributed by atoms with E-state index in [1.165, 1.54) is 5.57 Å². The fourth-order valence-electron chi connectivity index (χ4n) is 11.0. The number of rotatable bonds is 1. The molecule has 194 valence electrons. The Morgan fingerprint density at radius 3 is 2.24 bits per heavy atom. The minimum absolute atomic E-state index is 0.0122. The predicted octanol–water partition coefficient (Wildman–Crippen LogP) is 5.49. The average molecular weight is 475 g/mol. The van der Waals surface area contributed by atoms with Crippen molar-refractivity contribution < 1.29 is 20.1 Å². The first kappa shape index (κ1) is 25.2. The summed E-state index contributed by atoms with van der Waals surface area (Å²) in [6.45, 7) is 18.0. The third-order valence-electron chi connectivity index (χ3n) is 12.5. The topological polar surface area (TPSA) is 69.9 Å². The largest absolute Gasteiger partial charge is 0.393 e. The standard InChI is InChI=1S/C30H50O4/c1-17(2)13-18-15-30(8,33)19-9-12-28(6)24(19)21(34-18)14-22-27(5)11-10-23(32)26(3,4)25(27)20(31)16-29(22,28)7/h13,18-25,31-33H,9-12,14-16H2,1-8H3. The molecule has 0 aromatic carbocycles. The molecule has 0 aromatic heterocycles. The molecule has 0 aromatic rings. The maximum Gasteiger partial charge on any atom is 0.0789 e. The number of fused-ring (bicyclic) bond motifs is 4. The molecule has 3 N–H and O–H groups in total. The van der Waals surface area contributed by atoms with Gasteiger partial charge in [0.05, 0.1) is 30.0 Å². The van der Waals surface area contributed by atoms with E-state index in [9.17, 15) is 15.3 Å². The van der Waals surface area contributed by atoms with Gasteiger partial charge in [0.1, 0.15) is 0 Å². The van der Waals surface area contributed by atoms with Crippen molar-refractivity contribution in [1.82, 2.24) is 0 Å². The first-order valence-corrected chi connectivity index (χ1v) is 14.0.